The topological polar surface area (TPSA) is 110 Å². The summed E-state index contributed by atoms with van der Waals surface area (Å²) in [6.07, 6.45) is 2.94. The second kappa shape index (κ2) is 6.42. The number of furan rings is 1. The lowest BCUT2D eigenvalue weighted by Crippen LogP contribution is -2.26. The van der Waals surface area contributed by atoms with Gasteiger partial charge in [0.1, 0.15) is 0 Å². The molecule has 3 rings (SSSR count). The summed E-state index contributed by atoms with van der Waals surface area (Å²) in [6, 6.07) is 10.00. The molecule has 0 amide bonds. The molecule has 2 heterocycles. The molecule has 0 fully saturated rings. The number of aromatic nitrogens is 1. The van der Waals surface area contributed by atoms with Crippen LogP contribution < -0.4 is 4.72 Å². The molecule has 0 aliphatic heterocycles. The van der Waals surface area contributed by atoms with Crippen molar-refractivity contribution >= 4 is 27.1 Å². The number of aliphatic carboxylic acids is 1. The summed E-state index contributed by atoms with van der Waals surface area (Å²) in [5.74, 6) is -1.06. The van der Waals surface area contributed by atoms with Crippen molar-refractivity contribution in [2.45, 2.75) is 11.3 Å². The Morgan fingerprint density at radius 2 is 1.92 bits per heavy atom. The Morgan fingerprint density at radius 3 is 2.62 bits per heavy atom. The lowest BCUT2D eigenvalue weighted by Gasteiger charge is -2.07. The second-order valence-electron chi connectivity index (χ2n) is 5.10. The molecule has 124 valence electrons. The summed E-state index contributed by atoms with van der Waals surface area (Å²) in [5.41, 5.74) is 2.20. The number of carboxylic acids is 1. The van der Waals surface area contributed by atoms with Crippen molar-refractivity contribution in [1.82, 2.24) is 9.71 Å². The van der Waals surface area contributed by atoms with Gasteiger partial charge in [0.05, 0.1) is 17.6 Å². The van der Waals surface area contributed by atoms with Gasteiger partial charge in [0.15, 0.2) is 0 Å². The maximum Gasteiger partial charge on any atom is 0.304 e. The van der Waals surface area contributed by atoms with Crippen LogP contribution in [0.5, 0.6) is 0 Å². The number of benzene rings is 1. The van der Waals surface area contributed by atoms with E-state index in [1.54, 1.807) is 30.7 Å². The summed E-state index contributed by atoms with van der Waals surface area (Å²) in [7, 11) is -3.72. The number of rotatable bonds is 6. The van der Waals surface area contributed by atoms with E-state index >= 15 is 0 Å². The molecule has 2 aromatic heterocycles. The summed E-state index contributed by atoms with van der Waals surface area (Å²) < 4.78 is 31.6. The molecule has 0 spiro atoms. The zero-order chi connectivity index (χ0) is 17.2. The fraction of sp³-hybridized carbons (Fsp3) is 0.125. The lowest BCUT2D eigenvalue weighted by atomic mass is 10.1. The number of sulfonamides is 1. The van der Waals surface area contributed by atoms with E-state index in [2.05, 4.69) is 9.71 Å². The average molecular weight is 346 g/mol. The number of nitrogens with one attached hydrogen (secondary N) is 1. The molecule has 2 N–H and O–H groups in total. The average Bonchev–Trinajstić information content (AvgIpc) is 3.02. The van der Waals surface area contributed by atoms with Crippen LogP contribution in [0.2, 0.25) is 0 Å². The largest absolute Gasteiger partial charge is 0.481 e. The molecule has 7 nitrogen and oxygen atoms in total. The summed E-state index contributed by atoms with van der Waals surface area (Å²) in [4.78, 5) is 14.7. The number of carboxylic acid groups (broad SMARTS) is 1. The van der Waals surface area contributed by atoms with Crippen molar-refractivity contribution in [1.29, 1.82) is 0 Å². The van der Waals surface area contributed by atoms with Gasteiger partial charge < -0.3 is 9.52 Å². The smallest absolute Gasteiger partial charge is 0.304 e. The van der Waals surface area contributed by atoms with Crippen molar-refractivity contribution < 1.29 is 22.7 Å². The molecule has 3 aromatic rings. The summed E-state index contributed by atoms with van der Waals surface area (Å²) in [6.45, 7) is -0.152. The first-order valence-corrected chi connectivity index (χ1v) is 8.59. The van der Waals surface area contributed by atoms with Crippen LogP contribution in [0.25, 0.3) is 22.2 Å². The zero-order valence-electron chi connectivity index (χ0n) is 12.5. The van der Waals surface area contributed by atoms with Crippen LogP contribution in [0.1, 0.15) is 6.42 Å². The Labute approximate surface area is 138 Å². The van der Waals surface area contributed by atoms with Gasteiger partial charge in [-0.2, -0.15) is 0 Å². The molecule has 0 atom stereocenters. The van der Waals surface area contributed by atoms with Gasteiger partial charge in [0.25, 0.3) is 0 Å². The van der Waals surface area contributed by atoms with Gasteiger partial charge in [-0.3, -0.25) is 4.79 Å². The summed E-state index contributed by atoms with van der Waals surface area (Å²) >= 11 is 0. The first-order chi connectivity index (χ1) is 11.5. The number of hydrogen-bond donors (Lipinski definition) is 2. The van der Waals surface area contributed by atoms with Crippen molar-refractivity contribution in [3.63, 3.8) is 0 Å². The Balaban J connectivity index is 1.80. The first kappa shape index (κ1) is 16.2. The van der Waals surface area contributed by atoms with Crippen LogP contribution in [0.3, 0.4) is 0 Å². The van der Waals surface area contributed by atoms with Crippen molar-refractivity contribution in [2.24, 2.45) is 0 Å². The minimum absolute atomic E-state index is 0.0778. The fourth-order valence-electron chi connectivity index (χ4n) is 2.22. The molecule has 0 saturated heterocycles. The van der Waals surface area contributed by atoms with Gasteiger partial charge >= 0.3 is 5.97 Å². The van der Waals surface area contributed by atoms with Gasteiger partial charge in [-0.05, 0) is 29.8 Å². The van der Waals surface area contributed by atoms with E-state index in [1.807, 2.05) is 6.07 Å². The predicted octanol–water partition coefficient (Wildman–Crippen LogP) is 2.25. The molecule has 0 unspecified atom stereocenters. The van der Waals surface area contributed by atoms with Gasteiger partial charge in [-0.1, -0.05) is 12.1 Å². The lowest BCUT2D eigenvalue weighted by molar-refractivity contribution is -0.136. The molecule has 0 aliphatic carbocycles. The molecule has 0 aliphatic rings. The van der Waals surface area contributed by atoms with Crippen molar-refractivity contribution in [3.8, 4) is 11.1 Å². The highest BCUT2D eigenvalue weighted by Gasteiger charge is 2.14. The molecule has 0 saturated carbocycles. The van der Waals surface area contributed by atoms with Crippen LogP contribution in [0, 0.1) is 0 Å². The third-order valence-corrected chi connectivity index (χ3v) is 4.91. The second-order valence-corrected chi connectivity index (χ2v) is 6.87. The molecule has 24 heavy (non-hydrogen) atoms. The number of pyridine rings is 1. The van der Waals surface area contributed by atoms with E-state index in [0.717, 1.165) is 16.5 Å². The van der Waals surface area contributed by atoms with Crippen LogP contribution >= 0.6 is 0 Å². The third-order valence-electron chi connectivity index (χ3n) is 3.44. The normalized spacial score (nSPS) is 11.7. The van der Waals surface area contributed by atoms with Gasteiger partial charge in [-0.25, -0.2) is 18.1 Å². The highest BCUT2D eigenvalue weighted by Crippen LogP contribution is 2.24. The standard InChI is InChI=1S/C16H14N2O5S/c19-15(20)5-7-18-24(21,22)14-3-1-11(2-4-14)13-9-12-6-8-23-16(12)17-10-13/h1-4,6,8-10,18H,5,7H2,(H,19,20). The fourth-order valence-corrected chi connectivity index (χ4v) is 3.25. The van der Waals surface area contributed by atoms with E-state index < -0.39 is 16.0 Å². The predicted molar refractivity (Wildman–Crippen MR) is 86.9 cm³/mol. The van der Waals surface area contributed by atoms with Gasteiger partial charge in [-0.15, -0.1) is 0 Å². The van der Waals surface area contributed by atoms with Crippen LogP contribution in [-0.4, -0.2) is 31.0 Å². The Kier molecular flexibility index (Phi) is 4.32. The molecular weight excluding hydrogens is 332 g/mol. The Hall–Kier alpha value is -2.71. The molecule has 8 heteroatoms. The minimum atomic E-state index is -3.72. The van der Waals surface area contributed by atoms with Crippen molar-refractivity contribution in [3.05, 3.63) is 48.9 Å². The highest BCUT2D eigenvalue weighted by atomic mass is 32.2. The SMILES string of the molecule is O=C(O)CCNS(=O)(=O)c1ccc(-c2cnc3occc3c2)cc1. The maximum absolute atomic E-state index is 12.1. The molecule has 1 aromatic carbocycles. The van der Waals surface area contributed by atoms with E-state index in [-0.39, 0.29) is 17.9 Å². The van der Waals surface area contributed by atoms with Crippen LogP contribution in [0.4, 0.5) is 0 Å². The van der Waals surface area contributed by atoms with E-state index in [9.17, 15) is 13.2 Å². The minimum Gasteiger partial charge on any atom is -0.481 e. The maximum atomic E-state index is 12.1. The van der Waals surface area contributed by atoms with Crippen LogP contribution in [-0.2, 0) is 14.8 Å². The molecule has 0 bridgehead atoms. The summed E-state index contributed by atoms with van der Waals surface area (Å²) in [5, 5.41) is 9.42. The highest BCUT2D eigenvalue weighted by molar-refractivity contribution is 7.89. The number of hydrogen-bond acceptors (Lipinski definition) is 5. The van der Waals surface area contributed by atoms with Crippen molar-refractivity contribution in [2.75, 3.05) is 6.54 Å². The van der Waals surface area contributed by atoms with Gasteiger partial charge in [0, 0.05) is 23.7 Å². The molecule has 0 radical (unpaired) electrons. The van der Waals surface area contributed by atoms with Crippen LogP contribution in [0.15, 0.2) is 58.2 Å². The number of fused-ring (bicyclic) bond motifs is 1. The number of carbonyl (C=O) groups is 1. The Bertz CT molecular complexity index is 977. The van der Waals surface area contributed by atoms with Gasteiger partial charge in [0.2, 0.25) is 15.7 Å². The zero-order valence-corrected chi connectivity index (χ0v) is 13.3. The molecular formula is C16H14N2O5S. The van der Waals surface area contributed by atoms with E-state index in [0.29, 0.717) is 5.71 Å². The number of nitrogens with zero attached hydrogens (tertiary/aromatic N) is 1. The Morgan fingerprint density at radius 1 is 1.17 bits per heavy atom. The first-order valence-electron chi connectivity index (χ1n) is 7.11. The third kappa shape index (κ3) is 3.44. The van der Waals surface area contributed by atoms with E-state index in [4.69, 9.17) is 9.52 Å². The van der Waals surface area contributed by atoms with E-state index in [1.165, 1.54) is 12.1 Å². The monoisotopic (exact) mass is 346 g/mol. The quantitative estimate of drug-likeness (QED) is 0.708.